The molecule has 4 nitrogen and oxygen atoms in total. The Kier molecular flexibility index (Phi) is 4.78. The number of rotatable bonds is 6. The highest BCUT2D eigenvalue weighted by molar-refractivity contribution is 5.08. The number of nitrogens with zero attached hydrogens (tertiary/aromatic N) is 2. The Balaban J connectivity index is 2.33. The van der Waals surface area contributed by atoms with Crippen LogP contribution in [0.2, 0.25) is 0 Å². The molecule has 86 valence electrons. The first-order valence-corrected chi connectivity index (χ1v) is 5.53. The highest BCUT2D eigenvalue weighted by Crippen LogP contribution is 2.10. The summed E-state index contributed by atoms with van der Waals surface area (Å²) in [7, 11) is 1.85. The van der Waals surface area contributed by atoms with E-state index in [2.05, 4.69) is 24.3 Å². The lowest BCUT2D eigenvalue weighted by Crippen LogP contribution is -2.30. The molecule has 0 spiro atoms. The molecule has 0 aliphatic rings. The molecule has 0 fully saturated rings. The summed E-state index contributed by atoms with van der Waals surface area (Å²) in [4.78, 5) is 0. The van der Waals surface area contributed by atoms with Crippen LogP contribution in [0.15, 0.2) is 12.4 Å². The van der Waals surface area contributed by atoms with E-state index in [-0.39, 0.29) is 0 Å². The lowest BCUT2D eigenvalue weighted by molar-refractivity contribution is 0.170. The standard InChI is InChI=1S/C11H21N3O/c1-4-5-9(2)12-7-11(15)10-6-13-14(3)8-10/h6,8-9,11-12,15H,4-5,7H2,1-3H3. The lowest BCUT2D eigenvalue weighted by Gasteiger charge is -2.15. The van der Waals surface area contributed by atoms with E-state index >= 15 is 0 Å². The highest BCUT2D eigenvalue weighted by Gasteiger charge is 2.10. The van der Waals surface area contributed by atoms with Gasteiger partial charge in [-0.05, 0) is 13.3 Å². The van der Waals surface area contributed by atoms with Crippen molar-refractivity contribution in [2.24, 2.45) is 7.05 Å². The fourth-order valence-corrected chi connectivity index (χ4v) is 1.58. The normalized spacial score (nSPS) is 15.2. The Morgan fingerprint density at radius 3 is 2.87 bits per heavy atom. The summed E-state index contributed by atoms with van der Waals surface area (Å²) < 4.78 is 1.70. The molecule has 0 saturated heterocycles. The Labute approximate surface area is 91.3 Å². The zero-order valence-electron chi connectivity index (χ0n) is 9.77. The molecule has 1 aromatic rings. The number of aromatic nitrogens is 2. The van der Waals surface area contributed by atoms with E-state index in [0.29, 0.717) is 12.6 Å². The van der Waals surface area contributed by atoms with Gasteiger partial charge in [0.15, 0.2) is 0 Å². The van der Waals surface area contributed by atoms with Crippen molar-refractivity contribution in [2.75, 3.05) is 6.54 Å². The first-order chi connectivity index (χ1) is 7.13. The van der Waals surface area contributed by atoms with Crippen LogP contribution in [-0.4, -0.2) is 27.5 Å². The second kappa shape index (κ2) is 5.88. The van der Waals surface area contributed by atoms with Gasteiger partial charge in [-0.3, -0.25) is 4.68 Å². The first kappa shape index (κ1) is 12.2. The summed E-state index contributed by atoms with van der Waals surface area (Å²) in [5.74, 6) is 0. The summed E-state index contributed by atoms with van der Waals surface area (Å²) >= 11 is 0. The van der Waals surface area contributed by atoms with Crippen molar-refractivity contribution in [3.63, 3.8) is 0 Å². The molecule has 1 aromatic heterocycles. The molecule has 2 N–H and O–H groups in total. The van der Waals surface area contributed by atoms with Gasteiger partial charge in [-0.15, -0.1) is 0 Å². The van der Waals surface area contributed by atoms with Gasteiger partial charge >= 0.3 is 0 Å². The van der Waals surface area contributed by atoms with Gasteiger partial charge in [0.1, 0.15) is 0 Å². The smallest absolute Gasteiger partial charge is 0.0944 e. The Bertz CT molecular complexity index is 285. The molecule has 0 bridgehead atoms. The maximum Gasteiger partial charge on any atom is 0.0944 e. The van der Waals surface area contributed by atoms with E-state index < -0.39 is 6.10 Å². The van der Waals surface area contributed by atoms with Crippen LogP contribution in [-0.2, 0) is 7.05 Å². The summed E-state index contributed by atoms with van der Waals surface area (Å²) in [5, 5.41) is 17.2. The van der Waals surface area contributed by atoms with Gasteiger partial charge in [-0.25, -0.2) is 0 Å². The van der Waals surface area contributed by atoms with Crippen LogP contribution in [0, 0.1) is 0 Å². The number of nitrogens with one attached hydrogen (secondary N) is 1. The van der Waals surface area contributed by atoms with Gasteiger partial charge in [0.05, 0.1) is 12.3 Å². The van der Waals surface area contributed by atoms with E-state index in [4.69, 9.17) is 0 Å². The van der Waals surface area contributed by atoms with Crippen LogP contribution < -0.4 is 5.32 Å². The van der Waals surface area contributed by atoms with Crippen molar-refractivity contribution >= 4 is 0 Å². The molecule has 0 amide bonds. The van der Waals surface area contributed by atoms with Crippen molar-refractivity contribution in [2.45, 2.75) is 38.8 Å². The third-order valence-electron chi connectivity index (χ3n) is 2.49. The van der Waals surface area contributed by atoms with Crippen LogP contribution in [0.4, 0.5) is 0 Å². The van der Waals surface area contributed by atoms with Crippen molar-refractivity contribution in [1.29, 1.82) is 0 Å². The second-order valence-corrected chi connectivity index (χ2v) is 4.06. The van der Waals surface area contributed by atoms with Crippen LogP contribution in [0.25, 0.3) is 0 Å². The van der Waals surface area contributed by atoms with E-state index in [1.54, 1.807) is 10.9 Å². The molecule has 1 rings (SSSR count). The maximum atomic E-state index is 9.84. The average Bonchev–Trinajstić information content (AvgIpc) is 2.62. The van der Waals surface area contributed by atoms with Crippen LogP contribution in [0.1, 0.15) is 38.4 Å². The van der Waals surface area contributed by atoms with Gasteiger partial charge in [0, 0.05) is 31.4 Å². The van der Waals surface area contributed by atoms with Crippen LogP contribution in [0.3, 0.4) is 0 Å². The maximum absolute atomic E-state index is 9.84. The molecule has 0 saturated carbocycles. The zero-order chi connectivity index (χ0) is 11.3. The van der Waals surface area contributed by atoms with Gasteiger partial charge in [0.25, 0.3) is 0 Å². The summed E-state index contributed by atoms with van der Waals surface area (Å²) in [5.41, 5.74) is 0.869. The number of aliphatic hydroxyl groups excluding tert-OH is 1. The van der Waals surface area contributed by atoms with Crippen LogP contribution >= 0.6 is 0 Å². The fraction of sp³-hybridized carbons (Fsp3) is 0.727. The third-order valence-corrected chi connectivity index (χ3v) is 2.49. The molecule has 2 unspecified atom stereocenters. The Hall–Kier alpha value is -0.870. The molecule has 0 aliphatic carbocycles. The minimum Gasteiger partial charge on any atom is -0.387 e. The van der Waals surface area contributed by atoms with Gasteiger partial charge < -0.3 is 10.4 Å². The minimum absolute atomic E-state index is 0.460. The van der Waals surface area contributed by atoms with Crippen molar-refractivity contribution in [1.82, 2.24) is 15.1 Å². The number of hydrogen-bond donors (Lipinski definition) is 2. The van der Waals surface area contributed by atoms with Crippen molar-refractivity contribution in [3.05, 3.63) is 18.0 Å². The largest absolute Gasteiger partial charge is 0.387 e. The van der Waals surface area contributed by atoms with Gasteiger partial charge in [-0.2, -0.15) is 5.10 Å². The Morgan fingerprint density at radius 1 is 1.60 bits per heavy atom. The summed E-state index contributed by atoms with van der Waals surface area (Å²) in [6, 6.07) is 0.460. The lowest BCUT2D eigenvalue weighted by atomic mass is 10.1. The van der Waals surface area contributed by atoms with Crippen molar-refractivity contribution < 1.29 is 5.11 Å². The zero-order valence-corrected chi connectivity index (χ0v) is 9.77. The van der Waals surface area contributed by atoms with E-state index in [9.17, 15) is 5.11 Å². The van der Waals surface area contributed by atoms with Gasteiger partial charge in [0.2, 0.25) is 0 Å². The van der Waals surface area contributed by atoms with E-state index in [1.165, 1.54) is 0 Å². The molecule has 0 aliphatic heterocycles. The van der Waals surface area contributed by atoms with Gasteiger partial charge in [-0.1, -0.05) is 13.3 Å². The minimum atomic E-state index is -0.460. The molecular formula is C11H21N3O. The average molecular weight is 211 g/mol. The SMILES string of the molecule is CCCC(C)NCC(O)c1cnn(C)c1. The quantitative estimate of drug-likeness (QED) is 0.744. The second-order valence-electron chi connectivity index (χ2n) is 4.06. The topological polar surface area (TPSA) is 50.1 Å². The highest BCUT2D eigenvalue weighted by atomic mass is 16.3. The molecule has 0 aromatic carbocycles. The Morgan fingerprint density at radius 2 is 2.33 bits per heavy atom. The predicted molar refractivity (Wildman–Crippen MR) is 60.5 cm³/mol. The predicted octanol–water partition coefficient (Wildman–Crippen LogP) is 1.23. The number of hydrogen-bond acceptors (Lipinski definition) is 3. The number of aliphatic hydroxyl groups is 1. The molecule has 2 atom stereocenters. The monoisotopic (exact) mass is 211 g/mol. The molecule has 15 heavy (non-hydrogen) atoms. The first-order valence-electron chi connectivity index (χ1n) is 5.53. The summed E-state index contributed by atoms with van der Waals surface area (Å²) in [6.07, 6.45) is 5.39. The molecule has 0 radical (unpaired) electrons. The third kappa shape index (κ3) is 4.01. The van der Waals surface area contributed by atoms with E-state index in [1.807, 2.05) is 13.2 Å². The van der Waals surface area contributed by atoms with Crippen molar-refractivity contribution in [3.8, 4) is 0 Å². The molecular weight excluding hydrogens is 190 g/mol. The molecule has 4 heteroatoms. The van der Waals surface area contributed by atoms with E-state index in [0.717, 1.165) is 18.4 Å². The molecule has 1 heterocycles. The fourth-order valence-electron chi connectivity index (χ4n) is 1.58. The van der Waals surface area contributed by atoms with Crippen LogP contribution in [0.5, 0.6) is 0 Å². The summed E-state index contributed by atoms with van der Waals surface area (Å²) in [6.45, 7) is 4.89. The number of aryl methyl sites for hydroxylation is 1.